The Morgan fingerprint density at radius 1 is 0.783 bits per heavy atom. The van der Waals surface area contributed by atoms with Crippen LogP contribution in [0.3, 0.4) is 0 Å². The normalized spacial score (nSPS) is 13.7. The highest BCUT2D eigenvalue weighted by molar-refractivity contribution is 5.83. The summed E-state index contributed by atoms with van der Waals surface area (Å²) in [5, 5.41) is 28.2. The first kappa shape index (κ1) is 22.1. The molecule has 0 rings (SSSR count). The van der Waals surface area contributed by atoms with E-state index < -0.39 is 18.2 Å². The van der Waals surface area contributed by atoms with Crippen molar-refractivity contribution in [2.24, 2.45) is 0 Å². The smallest absolute Gasteiger partial charge is 0.303 e. The lowest BCUT2D eigenvalue weighted by Crippen LogP contribution is -2.33. The van der Waals surface area contributed by atoms with Crippen molar-refractivity contribution >= 4 is 11.8 Å². The summed E-state index contributed by atoms with van der Waals surface area (Å²) in [7, 11) is 0. The first-order chi connectivity index (χ1) is 11.0. The predicted octanol–water partition coefficient (Wildman–Crippen LogP) is 3.45. The molecule has 0 aromatic carbocycles. The number of rotatable bonds is 16. The minimum atomic E-state index is -1.24. The number of Topliss-reactive ketones (excluding diaryl/α,β-unsaturated/α-hetero) is 1. The van der Waals surface area contributed by atoms with Crippen LogP contribution in [-0.2, 0) is 9.59 Å². The maximum Gasteiger partial charge on any atom is 0.303 e. The van der Waals surface area contributed by atoms with Gasteiger partial charge in [0, 0.05) is 12.8 Å². The molecule has 0 spiro atoms. The van der Waals surface area contributed by atoms with Crippen LogP contribution in [0.4, 0.5) is 0 Å². The second-order valence-electron chi connectivity index (χ2n) is 6.34. The number of ketones is 1. The third-order valence-corrected chi connectivity index (χ3v) is 4.11. The Labute approximate surface area is 140 Å². The van der Waals surface area contributed by atoms with E-state index in [9.17, 15) is 19.8 Å². The summed E-state index contributed by atoms with van der Waals surface area (Å²) in [6.45, 7) is 2.10. The zero-order valence-electron chi connectivity index (χ0n) is 14.5. The van der Waals surface area contributed by atoms with E-state index in [-0.39, 0.29) is 12.2 Å². The molecular formula is C18H34O5. The van der Waals surface area contributed by atoms with Crippen LogP contribution in [0.1, 0.15) is 90.4 Å². The van der Waals surface area contributed by atoms with Crippen molar-refractivity contribution in [2.45, 2.75) is 103 Å². The van der Waals surface area contributed by atoms with E-state index in [4.69, 9.17) is 5.11 Å². The number of hydrogen-bond acceptors (Lipinski definition) is 4. The minimum Gasteiger partial charge on any atom is -0.481 e. The van der Waals surface area contributed by atoms with Crippen LogP contribution < -0.4 is 0 Å². The van der Waals surface area contributed by atoms with E-state index in [1.54, 1.807) is 0 Å². The van der Waals surface area contributed by atoms with Crippen molar-refractivity contribution in [1.29, 1.82) is 0 Å². The van der Waals surface area contributed by atoms with E-state index in [0.29, 0.717) is 19.3 Å². The molecule has 0 aliphatic carbocycles. The minimum absolute atomic E-state index is 0.227. The molecule has 5 nitrogen and oxygen atoms in total. The summed E-state index contributed by atoms with van der Waals surface area (Å²) in [4.78, 5) is 22.1. The monoisotopic (exact) mass is 330 g/mol. The Balaban J connectivity index is 3.58. The average Bonchev–Trinajstić information content (AvgIpc) is 2.52. The van der Waals surface area contributed by atoms with Gasteiger partial charge in [-0.15, -0.1) is 0 Å². The van der Waals surface area contributed by atoms with E-state index >= 15 is 0 Å². The molecule has 0 aliphatic rings. The fourth-order valence-electron chi connectivity index (χ4n) is 2.58. The summed E-state index contributed by atoms with van der Waals surface area (Å²) in [6, 6.07) is 0. The molecule has 2 atom stereocenters. The third-order valence-electron chi connectivity index (χ3n) is 4.11. The van der Waals surface area contributed by atoms with Crippen molar-refractivity contribution in [3.8, 4) is 0 Å². The molecule has 0 unspecified atom stereocenters. The van der Waals surface area contributed by atoms with Gasteiger partial charge in [-0.05, 0) is 19.3 Å². The number of hydrogen-bond donors (Lipinski definition) is 3. The van der Waals surface area contributed by atoms with Crippen molar-refractivity contribution in [3.63, 3.8) is 0 Å². The molecule has 0 aliphatic heterocycles. The van der Waals surface area contributed by atoms with Gasteiger partial charge in [0.2, 0.25) is 0 Å². The highest BCUT2D eigenvalue weighted by Gasteiger charge is 2.22. The lowest BCUT2D eigenvalue weighted by Gasteiger charge is -2.16. The molecule has 0 aromatic rings. The van der Waals surface area contributed by atoms with Crippen LogP contribution in [0.15, 0.2) is 0 Å². The van der Waals surface area contributed by atoms with Crippen LogP contribution in [0.5, 0.6) is 0 Å². The average molecular weight is 330 g/mol. The number of carboxylic acid groups (broad SMARTS) is 1. The molecule has 0 radical (unpaired) electrons. The maximum absolute atomic E-state index is 11.8. The van der Waals surface area contributed by atoms with Gasteiger partial charge in [-0.25, -0.2) is 0 Å². The number of carboxylic acids is 1. The van der Waals surface area contributed by atoms with E-state index in [0.717, 1.165) is 57.8 Å². The molecular weight excluding hydrogens is 296 g/mol. The fraction of sp³-hybridized carbons (Fsp3) is 0.889. The first-order valence-electron chi connectivity index (χ1n) is 9.09. The van der Waals surface area contributed by atoms with Gasteiger partial charge in [0.05, 0.1) is 6.10 Å². The van der Waals surface area contributed by atoms with Crippen molar-refractivity contribution in [2.75, 3.05) is 0 Å². The number of aliphatic carboxylic acids is 1. The lowest BCUT2D eigenvalue weighted by atomic mass is 9.99. The zero-order valence-corrected chi connectivity index (χ0v) is 14.5. The van der Waals surface area contributed by atoms with E-state index in [1.165, 1.54) is 0 Å². The van der Waals surface area contributed by atoms with Crippen molar-refractivity contribution in [3.05, 3.63) is 0 Å². The molecule has 0 heterocycles. The Kier molecular flexibility index (Phi) is 14.0. The predicted molar refractivity (Wildman–Crippen MR) is 90.4 cm³/mol. The molecule has 0 bridgehead atoms. The fourth-order valence-corrected chi connectivity index (χ4v) is 2.58. The van der Waals surface area contributed by atoms with Gasteiger partial charge in [0.15, 0.2) is 5.78 Å². The summed E-state index contributed by atoms with van der Waals surface area (Å²) >= 11 is 0. The van der Waals surface area contributed by atoms with Crippen molar-refractivity contribution < 1.29 is 24.9 Å². The highest BCUT2D eigenvalue weighted by atomic mass is 16.4. The summed E-state index contributed by atoms with van der Waals surface area (Å²) in [5.41, 5.74) is 0. The zero-order chi connectivity index (χ0) is 17.5. The second kappa shape index (κ2) is 14.6. The van der Waals surface area contributed by atoms with Gasteiger partial charge in [-0.1, -0.05) is 58.3 Å². The second-order valence-corrected chi connectivity index (χ2v) is 6.34. The highest BCUT2D eigenvalue weighted by Crippen LogP contribution is 2.13. The van der Waals surface area contributed by atoms with E-state index in [2.05, 4.69) is 6.92 Å². The standard InChI is InChI=1S/C18H34O5/c1-2-3-4-9-12-15(19)18(23)16(20)13-10-7-5-6-8-11-14-17(21)22/h16,18,20,23H,2-14H2,1H3,(H,21,22)/t16-,18+/m1/s1. The van der Waals surface area contributed by atoms with Gasteiger partial charge >= 0.3 is 5.97 Å². The molecule has 23 heavy (non-hydrogen) atoms. The number of aliphatic hydroxyl groups is 2. The van der Waals surface area contributed by atoms with Crippen LogP contribution in [0.25, 0.3) is 0 Å². The van der Waals surface area contributed by atoms with Crippen LogP contribution in [0, 0.1) is 0 Å². The number of carbonyl (C=O) groups is 2. The van der Waals surface area contributed by atoms with Crippen LogP contribution >= 0.6 is 0 Å². The summed E-state index contributed by atoms with van der Waals surface area (Å²) in [6.07, 6.45) is 8.11. The molecule has 0 aromatic heterocycles. The van der Waals surface area contributed by atoms with Gasteiger partial charge in [0.25, 0.3) is 0 Å². The Morgan fingerprint density at radius 2 is 1.30 bits per heavy atom. The van der Waals surface area contributed by atoms with Crippen LogP contribution in [0.2, 0.25) is 0 Å². The molecule has 5 heteroatoms. The lowest BCUT2D eigenvalue weighted by molar-refractivity contribution is -0.137. The Hall–Kier alpha value is -0.940. The number of unbranched alkanes of at least 4 members (excludes halogenated alkanes) is 8. The molecule has 0 fully saturated rings. The third kappa shape index (κ3) is 13.2. The van der Waals surface area contributed by atoms with Crippen molar-refractivity contribution in [1.82, 2.24) is 0 Å². The number of aliphatic hydroxyl groups excluding tert-OH is 2. The Morgan fingerprint density at radius 3 is 1.91 bits per heavy atom. The molecule has 3 N–H and O–H groups in total. The quantitative estimate of drug-likeness (QED) is 0.377. The topological polar surface area (TPSA) is 94.8 Å². The molecule has 0 amide bonds. The summed E-state index contributed by atoms with van der Waals surface area (Å²) < 4.78 is 0. The van der Waals surface area contributed by atoms with Gasteiger partial charge in [0.1, 0.15) is 6.10 Å². The van der Waals surface area contributed by atoms with E-state index in [1.807, 2.05) is 0 Å². The molecule has 0 saturated heterocycles. The molecule has 0 saturated carbocycles. The Bertz CT molecular complexity index is 317. The maximum atomic E-state index is 11.8. The van der Waals surface area contributed by atoms with Crippen LogP contribution in [-0.4, -0.2) is 39.3 Å². The largest absolute Gasteiger partial charge is 0.481 e. The SMILES string of the molecule is CCCCCCC(=O)[C@H](O)[C@H](O)CCCCCCCCC(=O)O. The molecule has 136 valence electrons. The van der Waals surface area contributed by atoms with Gasteiger partial charge < -0.3 is 15.3 Å². The first-order valence-corrected chi connectivity index (χ1v) is 9.09. The number of carbonyl (C=O) groups excluding carboxylic acids is 1. The van der Waals surface area contributed by atoms with Gasteiger partial charge in [-0.3, -0.25) is 9.59 Å². The summed E-state index contributed by atoms with van der Waals surface area (Å²) in [5.74, 6) is -0.997. The van der Waals surface area contributed by atoms with Gasteiger partial charge in [-0.2, -0.15) is 0 Å².